The molecule has 0 radical (unpaired) electrons. The number of nitrogens with zero attached hydrogens (tertiary/aromatic N) is 3. The number of carbonyl (C=O) groups is 1. The third kappa shape index (κ3) is 2.29. The summed E-state index contributed by atoms with van der Waals surface area (Å²) in [5.41, 5.74) is 0. The van der Waals surface area contributed by atoms with Gasteiger partial charge in [0.2, 0.25) is 5.82 Å². The second-order valence-corrected chi connectivity index (χ2v) is 5.30. The number of H-pyrrole nitrogens is 1. The Kier molecular flexibility index (Phi) is 3.33. The second kappa shape index (κ2) is 4.73. The van der Waals surface area contributed by atoms with Crippen molar-refractivity contribution >= 4 is 16.7 Å². The van der Waals surface area contributed by atoms with Crippen LogP contribution in [0.1, 0.15) is 23.4 Å². The van der Waals surface area contributed by atoms with Gasteiger partial charge in [-0.3, -0.25) is 14.1 Å². The van der Waals surface area contributed by atoms with E-state index in [0.717, 1.165) is 6.42 Å². The molecule has 7 heteroatoms. The van der Waals surface area contributed by atoms with Crippen LogP contribution in [0.2, 0.25) is 0 Å². The van der Waals surface area contributed by atoms with Gasteiger partial charge in [0.1, 0.15) is 5.82 Å². The van der Waals surface area contributed by atoms with E-state index in [1.54, 1.807) is 4.90 Å². The molecule has 88 valence electrons. The second-order valence-electron chi connectivity index (χ2n) is 3.60. The van der Waals surface area contributed by atoms with E-state index in [9.17, 15) is 9.00 Å². The number of amides is 1. The molecule has 1 aliphatic rings. The number of nitrogens with one attached hydrogen (secondary N) is 1. The molecular weight excluding hydrogens is 228 g/mol. The zero-order chi connectivity index (χ0) is 11.5. The Bertz CT molecular complexity index is 407. The average Bonchev–Trinajstić information content (AvgIpc) is 2.77. The van der Waals surface area contributed by atoms with Crippen molar-refractivity contribution in [2.24, 2.45) is 0 Å². The normalized spacial score (nSPS) is 17.7. The fourth-order valence-electron chi connectivity index (χ4n) is 1.53. The molecule has 1 aliphatic heterocycles. The topological polar surface area (TPSA) is 79.0 Å². The molecule has 0 bridgehead atoms. The Morgan fingerprint density at radius 3 is 2.75 bits per heavy atom. The molecule has 6 nitrogen and oxygen atoms in total. The molecule has 1 fully saturated rings. The van der Waals surface area contributed by atoms with Crippen LogP contribution in [0.25, 0.3) is 0 Å². The van der Waals surface area contributed by atoms with E-state index < -0.39 is 10.8 Å². The van der Waals surface area contributed by atoms with E-state index >= 15 is 0 Å². The Labute approximate surface area is 95.9 Å². The predicted molar refractivity (Wildman–Crippen MR) is 59.5 cm³/mol. The van der Waals surface area contributed by atoms with E-state index in [2.05, 4.69) is 15.2 Å². The first-order valence-electron chi connectivity index (χ1n) is 5.26. The van der Waals surface area contributed by atoms with Crippen molar-refractivity contribution in [3.8, 4) is 0 Å². The number of rotatable bonds is 2. The highest BCUT2D eigenvalue weighted by Crippen LogP contribution is 2.05. The summed E-state index contributed by atoms with van der Waals surface area (Å²) in [6.07, 6.45) is 0.726. The van der Waals surface area contributed by atoms with Crippen molar-refractivity contribution in [1.29, 1.82) is 0 Å². The lowest BCUT2D eigenvalue weighted by Crippen LogP contribution is -2.42. The maximum absolute atomic E-state index is 11.9. The van der Waals surface area contributed by atoms with Crippen molar-refractivity contribution < 1.29 is 9.00 Å². The molecule has 16 heavy (non-hydrogen) atoms. The van der Waals surface area contributed by atoms with E-state index in [-0.39, 0.29) is 11.7 Å². The fraction of sp³-hybridized carbons (Fsp3) is 0.667. The smallest absolute Gasteiger partial charge is 0.293 e. The molecule has 2 heterocycles. The SMILES string of the molecule is CCc1nc(C(=O)N2CCS(=O)CC2)n[nH]1. The highest BCUT2D eigenvalue weighted by Gasteiger charge is 2.23. The molecule has 0 spiro atoms. The molecule has 0 aliphatic carbocycles. The highest BCUT2D eigenvalue weighted by molar-refractivity contribution is 7.85. The zero-order valence-corrected chi connectivity index (χ0v) is 9.92. The predicted octanol–water partition coefficient (Wildman–Crippen LogP) is -0.428. The molecule has 1 aromatic rings. The Morgan fingerprint density at radius 1 is 1.50 bits per heavy atom. The van der Waals surface area contributed by atoms with E-state index in [1.807, 2.05) is 6.92 Å². The number of aryl methyl sites for hydroxylation is 1. The molecular formula is C9H14N4O2S. The van der Waals surface area contributed by atoms with E-state index in [1.165, 1.54) is 0 Å². The van der Waals surface area contributed by atoms with Crippen LogP contribution < -0.4 is 0 Å². The van der Waals surface area contributed by atoms with Crippen LogP contribution in [-0.4, -0.2) is 54.8 Å². The molecule has 0 unspecified atom stereocenters. The van der Waals surface area contributed by atoms with Gasteiger partial charge in [-0.15, -0.1) is 5.10 Å². The first-order valence-corrected chi connectivity index (χ1v) is 6.75. The standard InChI is InChI=1S/C9H14N4O2S/c1-2-7-10-8(12-11-7)9(14)13-3-5-16(15)6-4-13/h2-6H2,1H3,(H,10,11,12). The molecule has 1 amide bonds. The first-order chi connectivity index (χ1) is 7.70. The monoisotopic (exact) mass is 242 g/mol. The summed E-state index contributed by atoms with van der Waals surface area (Å²) in [4.78, 5) is 17.7. The third-order valence-electron chi connectivity index (χ3n) is 2.52. The molecule has 0 saturated carbocycles. The summed E-state index contributed by atoms with van der Waals surface area (Å²) in [6.45, 7) is 3.00. The van der Waals surface area contributed by atoms with Gasteiger partial charge in [-0.2, -0.15) is 0 Å². The van der Waals surface area contributed by atoms with Crippen LogP contribution in [0.3, 0.4) is 0 Å². The van der Waals surface area contributed by atoms with Crippen LogP contribution in [0, 0.1) is 0 Å². The summed E-state index contributed by atoms with van der Waals surface area (Å²) in [7, 11) is -0.773. The molecule has 0 atom stereocenters. The fourth-order valence-corrected chi connectivity index (χ4v) is 2.58. The van der Waals surface area contributed by atoms with Gasteiger partial charge in [0.25, 0.3) is 5.91 Å². The number of aromatic amines is 1. The molecule has 1 aromatic heterocycles. The molecule has 1 saturated heterocycles. The molecule has 0 aromatic carbocycles. The minimum Gasteiger partial charge on any atom is -0.334 e. The summed E-state index contributed by atoms with van der Waals surface area (Å²) in [6, 6.07) is 0. The lowest BCUT2D eigenvalue weighted by atomic mass is 10.4. The van der Waals surface area contributed by atoms with Gasteiger partial charge >= 0.3 is 0 Å². The maximum Gasteiger partial charge on any atom is 0.293 e. The summed E-state index contributed by atoms with van der Waals surface area (Å²) >= 11 is 0. The van der Waals surface area contributed by atoms with Crippen LogP contribution in [0.5, 0.6) is 0 Å². The molecule has 2 rings (SSSR count). The van der Waals surface area contributed by atoms with Gasteiger partial charge in [0.05, 0.1) is 0 Å². The van der Waals surface area contributed by atoms with E-state index in [4.69, 9.17) is 0 Å². The van der Waals surface area contributed by atoms with Crippen LogP contribution >= 0.6 is 0 Å². The van der Waals surface area contributed by atoms with E-state index in [0.29, 0.717) is 30.4 Å². The van der Waals surface area contributed by atoms with Crippen LogP contribution in [0.15, 0.2) is 0 Å². The summed E-state index contributed by atoms with van der Waals surface area (Å²) in [5, 5.41) is 6.59. The Morgan fingerprint density at radius 2 is 2.19 bits per heavy atom. The largest absolute Gasteiger partial charge is 0.334 e. The van der Waals surface area contributed by atoms with Crippen LogP contribution in [-0.2, 0) is 17.2 Å². The lowest BCUT2D eigenvalue weighted by molar-refractivity contribution is 0.0759. The van der Waals surface area contributed by atoms with Crippen molar-refractivity contribution in [3.05, 3.63) is 11.6 Å². The number of carbonyl (C=O) groups excluding carboxylic acids is 1. The summed E-state index contributed by atoms with van der Waals surface area (Å²) in [5.74, 6) is 1.86. The van der Waals surface area contributed by atoms with Crippen molar-refractivity contribution in [2.45, 2.75) is 13.3 Å². The Balaban J connectivity index is 2.04. The van der Waals surface area contributed by atoms with Gasteiger partial charge in [-0.1, -0.05) is 6.92 Å². The minimum atomic E-state index is -0.773. The van der Waals surface area contributed by atoms with Crippen molar-refractivity contribution in [2.75, 3.05) is 24.6 Å². The highest BCUT2D eigenvalue weighted by atomic mass is 32.2. The maximum atomic E-state index is 11.9. The van der Waals surface area contributed by atoms with Crippen molar-refractivity contribution in [3.63, 3.8) is 0 Å². The Hall–Kier alpha value is -1.24. The van der Waals surface area contributed by atoms with Gasteiger partial charge < -0.3 is 4.90 Å². The first kappa shape index (κ1) is 11.3. The van der Waals surface area contributed by atoms with Gasteiger partial charge in [0, 0.05) is 41.8 Å². The minimum absolute atomic E-state index is 0.173. The zero-order valence-electron chi connectivity index (χ0n) is 9.10. The molecule has 1 N–H and O–H groups in total. The van der Waals surface area contributed by atoms with Crippen molar-refractivity contribution in [1.82, 2.24) is 20.1 Å². The number of hydrogen-bond donors (Lipinski definition) is 1. The van der Waals surface area contributed by atoms with Crippen LogP contribution in [0.4, 0.5) is 0 Å². The van der Waals surface area contributed by atoms with Gasteiger partial charge in [-0.05, 0) is 0 Å². The third-order valence-corrected chi connectivity index (χ3v) is 3.80. The number of aromatic nitrogens is 3. The number of hydrogen-bond acceptors (Lipinski definition) is 4. The quantitative estimate of drug-likeness (QED) is 0.763. The lowest BCUT2D eigenvalue weighted by Gasteiger charge is -2.24. The average molecular weight is 242 g/mol. The summed E-state index contributed by atoms with van der Waals surface area (Å²) < 4.78 is 11.2. The van der Waals surface area contributed by atoms with Gasteiger partial charge in [-0.25, -0.2) is 4.98 Å². The van der Waals surface area contributed by atoms with Gasteiger partial charge in [0.15, 0.2) is 0 Å².